The number of nitrogens with two attached hydrogens (primary N) is 1. The van der Waals surface area contributed by atoms with E-state index in [1.165, 1.54) is 5.01 Å². The van der Waals surface area contributed by atoms with Crippen LogP contribution in [0.25, 0.3) is 0 Å². The zero-order valence-electron chi connectivity index (χ0n) is 7.93. The van der Waals surface area contributed by atoms with Crippen molar-refractivity contribution in [2.45, 2.75) is 0 Å². The molecule has 0 aromatic carbocycles. The number of hydrogen-bond donors (Lipinski definition) is 3. The van der Waals surface area contributed by atoms with Gasteiger partial charge in [0.2, 0.25) is 0 Å². The molecule has 1 aromatic heterocycles. The molecule has 0 spiro atoms. The smallest absolute Gasteiger partial charge is 1.00 e. The Hall–Kier alpha value is 0.0497. The molecule has 0 saturated heterocycles. The fourth-order valence-corrected chi connectivity index (χ4v) is 0.486. The van der Waals surface area contributed by atoms with Crippen molar-refractivity contribution in [3.63, 3.8) is 0 Å². The van der Waals surface area contributed by atoms with Crippen molar-refractivity contribution in [3.8, 4) is 0 Å². The quantitative estimate of drug-likeness (QED) is 0.279. The monoisotopic (exact) mass is 186 g/mol. The first-order chi connectivity index (χ1) is 4.84. The van der Waals surface area contributed by atoms with E-state index in [1.54, 1.807) is 0 Å². The Bertz CT molecular complexity index is 186. The molecule has 0 unspecified atom stereocenters. The predicted molar refractivity (Wildman–Crippen MR) is 40.8 cm³/mol. The summed E-state index contributed by atoms with van der Waals surface area (Å²) in [4.78, 5) is 0. The van der Waals surface area contributed by atoms with Crippen molar-refractivity contribution < 1.29 is 7.96 Å². The number of rotatable bonds is 3. The number of hydrazine groups is 1. The molecule has 1 heterocycles. The summed E-state index contributed by atoms with van der Waals surface area (Å²) in [6.07, 6.45) is 0. The van der Waals surface area contributed by atoms with E-state index < -0.39 is 0 Å². The van der Waals surface area contributed by atoms with Gasteiger partial charge in [0.25, 0.3) is 5.95 Å². The van der Waals surface area contributed by atoms with Crippen LogP contribution in [0.1, 0.15) is 2.85 Å². The van der Waals surface area contributed by atoms with Crippen molar-refractivity contribution >= 4 is 43.7 Å². The Morgan fingerprint density at radius 1 is 1.73 bits per heavy atom. The van der Waals surface area contributed by atoms with Gasteiger partial charge in [-0.25, -0.2) is 5.84 Å². The van der Waals surface area contributed by atoms with Crippen LogP contribution in [0.3, 0.4) is 0 Å². The van der Waals surface area contributed by atoms with E-state index in [1.807, 2.05) is 0 Å². The number of tetrazole rings is 1. The van der Waals surface area contributed by atoms with Crippen molar-refractivity contribution in [2.24, 2.45) is 5.84 Å². The molecule has 60 valence electrons. The zero-order chi connectivity index (χ0) is 7.40. The molecule has 0 aliphatic rings. The van der Waals surface area contributed by atoms with Gasteiger partial charge in [-0.1, -0.05) is 5.10 Å². The number of aliphatic hydroxyl groups is 1. The summed E-state index contributed by atoms with van der Waals surface area (Å²) in [5.74, 6) is 5.61. The normalized spacial score (nSPS) is 8.91. The summed E-state index contributed by atoms with van der Waals surface area (Å²) in [5.41, 5.74) is 0. The molecule has 1 aromatic rings. The van der Waals surface area contributed by atoms with E-state index in [0.29, 0.717) is 6.54 Å². The molecule has 4 N–H and O–H groups in total. The minimum Gasteiger partial charge on any atom is -1.00 e. The number of nitrogens with one attached hydrogen (secondary N) is 1. The Kier molecular flexibility index (Phi) is 5.69. The molecule has 7 nitrogen and oxygen atoms in total. The summed E-state index contributed by atoms with van der Waals surface area (Å²) >= 11 is 0. The minimum atomic E-state index is -0.0367. The Morgan fingerprint density at radius 2 is 2.45 bits per heavy atom. The SMILES string of the molecule is NN(CCO)c1nn[nH]n1.[Ca+2].[H-].[H-]. The first-order valence-corrected chi connectivity index (χ1v) is 2.71. The maximum Gasteiger partial charge on any atom is 2.00 e. The van der Waals surface area contributed by atoms with E-state index in [2.05, 4.69) is 20.6 Å². The van der Waals surface area contributed by atoms with Crippen LogP contribution in [0.2, 0.25) is 0 Å². The van der Waals surface area contributed by atoms with E-state index >= 15 is 0 Å². The van der Waals surface area contributed by atoms with Gasteiger partial charge in [0, 0.05) is 0 Å². The largest absolute Gasteiger partial charge is 2.00 e. The van der Waals surface area contributed by atoms with Gasteiger partial charge in [0.05, 0.1) is 13.2 Å². The number of H-pyrrole nitrogens is 1. The third kappa shape index (κ3) is 3.30. The van der Waals surface area contributed by atoms with Gasteiger partial charge in [-0.2, -0.15) is 5.21 Å². The standard InChI is InChI=1S/C3H8N6O.Ca.2H/c4-9(1-2-10)3-5-7-8-6-3;;;/h10H,1-2,4H2,(H,5,6,7,8);;;/q;+2;2*-1. The molecular formula is C3H10CaN6O. The molecule has 1 rings (SSSR count). The van der Waals surface area contributed by atoms with Gasteiger partial charge >= 0.3 is 37.7 Å². The van der Waals surface area contributed by atoms with Gasteiger partial charge in [-0.05, 0) is 5.21 Å². The van der Waals surface area contributed by atoms with Crippen molar-refractivity contribution in [1.29, 1.82) is 0 Å². The minimum absolute atomic E-state index is 0. The van der Waals surface area contributed by atoms with Crippen LogP contribution in [0.15, 0.2) is 0 Å². The van der Waals surface area contributed by atoms with Gasteiger partial charge in [-0.15, -0.1) is 5.10 Å². The van der Waals surface area contributed by atoms with Gasteiger partial charge < -0.3 is 7.96 Å². The average molecular weight is 186 g/mol. The van der Waals surface area contributed by atoms with E-state index in [-0.39, 0.29) is 53.1 Å². The van der Waals surface area contributed by atoms with Gasteiger partial charge in [0.15, 0.2) is 0 Å². The molecular weight excluding hydrogens is 176 g/mol. The number of anilines is 1. The summed E-state index contributed by atoms with van der Waals surface area (Å²) < 4.78 is 0. The molecule has 0 saturated carbocycles. The number of hydrogen-bond acceptors (Lipinski definition) is 6. The number of aromatic nitrogens is 4. The molecule has 0 aliphatic carbocycles. The zero-order valence-corrected chi connectivity index (χ0v) is 8.14. The molecule has 0 bridgehead atoms. The van der Waals surface area contributed by atoms with Crippen molar-refractivity contribution in [1.82, 2.24) is 20.6 Å². The van der Waals surface area contributed by atoms with Crippen LogP contribution < -0.4 is 10.9 Å². The van der Waals surface area contributed by atoms with Gasteiger partial charge in [-0.3, -0.25) is 5.01 Å². The number of aliphatic hydroxyl groups excluding tert-OH is 1. The fraction of sp³-hybridized carbons (Fsp3) is 0.667. The summed E-state index contributed by atoms with van der Waals surface area (Å²) in [6.45, 7) is 0.255. The fourth-order valence-electron chi connectivity index (χ4n) is 0.486. The second-order valence-electron chi connectivity index (χ2n) is 1.63. The third-order valence-corrected chi connectivity index (χ3v) is 0.932. The van der Waals surface area contributed by atoms with E-state index in [4.69, 9.17) is 10.9 Å². The third-order valence-electron chi connectivity index (χ3n) is 0.932. The average Bonchev–Trinajstić information content (AvgIpc) is 2.38. The molecule has 0 radical (unpaired) electrons. The summed E-state index contributed by atoms with van der Waals surface area (Å²) in [6, 6.07) is 0. The summed E-state index contributed by atoms with van der Waals surface area (Å²) in [5, 5.41) is 22.3. The van der Waals surface area contributed by atoms with E-state index in [0.717, 1.165) is 0 Å². The maximum atomic E-state index is 8.43. The predicted octanol–water partition coefficient (Wildman–Crippen LogP) is -2.28. The van der Waals surface area contributed by atoms with Crippen LogP contribution in [0.4, 0.5) is 5.95 Å². The summed E-state index contributed by atoms with van der Waals surface area (Å²) in [7, 11) is 0. The van der Waals surface area contributed by atoms with Crippen molar-refractivity contribution in [3.05, 3.63) is 0 Å². The first-order valence-electron chi connectivity index (χ1n) is 2.71. The second-order valence-corrected chi connectivity index (χ2v) is 1.63. The number of aromatic amines is 1. The molecule has 11 heavy (non-hydrogen) atoms. The van der Waals surface area contributed by atoms with Crippen LogP contribution >= 0.6 is 0 Å². The molecule has 0 atom stereocenters. The molecule has 0 amide bonds. The van der Waals surface area contributed by atoms with Crippen LogP contribution in [-0.2, 0) is 0 Å². The Balaban J connectivity index is -0.000000333. The van der Waals surface area contributed by atoms with Crippen LogP contribution in [0, 0.1) is 0 Å². The van der Waals surface area contributed by atoms with Crippen LogP contribution in [-0.4, -0.2) is 76.6 Å². The topological polar surface area (TPSA) is 104 Å². The molecule has 8 heteroatoms. The van der Waals surface area contributed by atoms with Gasteiger partial charge in [0.1, 0.15) is 0 Å². The number of nitrogens with zero attached hydrogens (tertiary/aromatic N) is 4. The van der Waals surface area contributed by atoms with Crippen LogP contribution in [0.5, 0.6) is 0 Å². The Labute approximate surface area is 95.9 Å². The molecule has 0 fully saturated rings. The Morgan fingerprint density at radius 3 is 2.91 bits per heavy atom. The maximum absolute atomic E-state index is 8.43. The van der Waals surface area contributed by atoms with Crippen molar-refractivity contribution in [2.75, 3.05) is 18.2 Å². The van der Waals surface area contributed by atoms with E-state index in [9.17, 15) is 0 Å². The second kappa shape index (κ2) is 5.67. The first kappa shape index (κ1) is 11.0. The molecule has 0 aliphatic heterocycles.